The van der Waals surface area contributed by atoms with Crippen LogP contribution in [0.3, 0.4) is 0 Å². The monoisotopic (exact) mass is 463 g/mol. The van der Waals surface area contributed by atoms with Gasteiger partial charge in [-0.25, -0.2) is 9.97 Å². The fraction of sp³-hybridized carbons (Fsp3) is 0.375. The third-order valence-electron chi connectivity index (χ3n) is 6.85. The van der Waals surface area contributed by atoms with Crippen molar-refractivity contribution in [1.82, 2.24) is 24.8 Å². The van der Waals surface area contributed by atoms with Gasteiger partial charge < -0.3 is 16.5 Å². The van der Waals surface area contributed by atoms with E-state index in [2.05, 4.69) is 32.8 Å². The SMILES string of the molecule is Cc1c(CN2CCN(C(C)(C)C(N)=O)CC2)sc2c(N)nc(-c3c[nH]c4ccccc34)nc12. The van der Waals surface area contributed by atoms with E-state index in [0.717, 1.165) is 65.0 Å². The van der Waals surface area contributed by atoms with E-state index in [1.165, 1.54) is 4.88 Å². The van der Waals surface area contributed by atoms with Crippen molar-refractivity contribution in [1.29, 1.82) is 0 Å². The van der Waals surface area contributed by atoms with E-state index >= 15 is 0 Å². The zero-order valence-electron chi connectivity index (χ0n) is 19.2. The Balaban J connectivity index is 1.40. The largest absolute Gasteiger partial charge is 0.382 e. The molecule has 1 aliphatic heterocycles. The Hall–Kier alpha value is -3.01. The number of nitrogen functional groups attached to an aromatic ring is 1. The molecule has 3 aromatic heterocycles. The van der Waals surface area contributed by atoms with E-state index in [9.17, 15) is 4.79 Å². The van der Waals surface area contributed by atoms with E-state index in [4.69, 9.17) is 16.5 Å². The van der Waals surface area contributed by atoms with Gasteiger partial charge in [-0.15, -0.1) is 11.3 Å². The number of anilines is 1. The number of nitrogens with zero attached hydrogens (tertiary/aromatic N) is 4. The van der Waals surface area contributed by atoms with Gasteiger partial charge >= 0.3 is 0 Å². The summed E-state index contributed by atoms with van der Waals surface area (Å²) in [6.07, 6.45) is 1.95. The Labute approximate surface area is 196 Å². The van der Waals surface area contributed by atoms with Gasteiger partial charge in [0.05, 0.1) is 15.8 Å². The average Bonchev–Trinajstić information content (AvgIpc) is 3.36. The van der Waals surface area contributed by atoms with Crippen LogP contribution in [0.5, 0.6) is 0 Å². The van der Waals surface area contributed by atoms with Crippen LogP contribution in [0, 0.1) is 6.92 Å². The van der Waals surface area contributed by atoms with E-state index in [1.807, 2.05) is 38.2 Å². The fourth-order valence-corrected chi connectivity index (χ4v) is 5.70. The molecule has 5 rings (SSSR count). The van der Waals surface area contributed by atoms with Crippen molar-refractivity contribution < 1.29 is 4.79 Å². The van der Waals surface area contributed by atoms with Crippen LogP contribution in [0.2, 0.25) is 0 Å². The first kappa shape index (κ1) is 21.8. The van der Waals surface area contributed by atoms with E-state index in [1.54, 1.807) is 11.3 Å². The number of para-hydroxylation sites is 1. The zero-order chi connectivity index (χ0) is 23.3. The second-order valence-electron chi connectivity index (χ2n) is 9.19. The summed E-state index contributed by atoms with van der Waals surface area (Å²) in [4.78, 5) is 30.5. The number of nitrogens with two attached hydrogens (primary N) is 2. The molecule has 4 heterocycles. The lowest BCUT2D eigenvalue weighted by molar-refractivity contribution is -0.129. The van der Waals surface area contributed by atoms with E-state index < -0.39 is 5.54 Å². The lowest BCUT2D eigenvalue weighted by Gasteiger charge is -2.42. The summed E-state index contributed by atoms with van der Waals surface area (Å²) in [5, 5.41) is 1.08. The van der Waals surface area contributed by atoms with E-state index in [-0.39, 0.29) is 5.91 Å². The van der Waals surface area contributed by atoms with Gasteiger partial charge in [0, 0.05) is 60.3 Å². The maximum atomic E-state index is 11.8. The van der Waals surface area contributed by atoms with Crippen molar-refractivity contribution in [3.05, 3.63) is 40.9 Å². The summed E-state index contributed by atoms with van der Waals surface area (Å²) in [6.45, 7) is 10.1. The second kappa shape index (κ2) is 8.09. The number of fused-ring (bicyclic) bond motifs is 2. The first-order valence-corrected chi connectivity index (χ1v) is 12.0. The molecular formula is C24H29N7OS. The topological polar surface area (TPSA) is 117 Å². The number of aryl methyl sites for hydroxylation is 1. The van der Waals surface area contributed by atoms with Crippen LogP contribution in [0.25, 0.3) is 32.5 Å². The Morgan fingerprint density at radius 3 is 2.64 bits per heavy atom. The minimum atomic E-state index is -0.623. The molecule has 172 valence electrons. The van der Waals surface area contributed by atoms with Crippen molar-refractivity contribution in [2.24, 2.45) is 5.73 Å². The number of thiophene rings is 1. The molecule has 1 fully saturated rings. The Kier molecular flexibility index (Phi) is 5.35. The Morgan fingerprint density at radius 2 is 1.91 bits per heavy atom. The predicted octanol–water partition coefficient (Wildman–Crippen LogP) is 3.11. The van der Waals surface area contributed by atoms with Crippen LogP contribution in [0.4, 0.5) is 5.82 Å². The number of rotatable bonds is 5. The molecular weight excluding hydrogens is 434 g/mol. The van der Waals surface area contributed by atoms with Gasteiger partial charge in [0.25, 0.3) is 0 Å². The lowest BCUT2D eigenvalue weighted by atomic mass is 10.0. The molecule has 0 radical (unpaired) electrons. The van der Waals surface area contributed by atoms with Crippen LogP contribution in [-0.4, -0.2) is 62.4 Å². The van der Waals surface area contributed by atoms with Gasteiger partial charge in [-0.05, 0) is 32.4 Å². The van der Waals surface area contributed by atoms with E-state index in [0.29, 0.717) is 11.6 Å². The Bertz CT molecular complexity index is 1350. The van der Waals surface area contributed by atoms with Crippen molar-refractivity contribution in [2.45, 2.75) is 32.9 Å². The van der Waals surface area contributed by atoms with Crippen LogP contribution < -0.4 is 11.5 Å². The number of carbonyl (C=O) groups is 1. The number of piperazine rings is 1. The quantitative estimate of drug-likeness (QED) is 0.419. The zero-order valence-corrected chi connectivity index (χ0v) is 20.0. The highest BCUT2D eigenvalue weighted by molar-refractivity contribution is 7.19. The molecule has 0 bridgehead atoms. The summed E-state index contributed by atoms with van der Waals surface area (Å²) in [5.74, 6) is 0.885. The summed E-state index contributed by atoms with van der Waals surface area (Å²) in [6, 6.07) is 8.12. The summed E-state index contributed by atoms with van der Waals surface area (Å²) in [5.41, 5.74) is 15.5. The number of hydrogen-bond acceptors (Lipinski definition) is 7. The average molecular weight is 464 g/mol. The summed E-state index contributed by atoms with van der Waals surface area (Å²) < 4.78 is 0.944. The number of benzene rings is 1. The molecule has 1 amide bonds. The maximum Gasteiger partial charge on any atom is 0.237 e. The third-order valence-corrected chi connectivity index (χ3v) is 8.14. The maximum absolute atomic E-state index is 11.8. The molecule has 1 saturated heterocycles. The minimum absolute atomic E-state index is 0.281. The first-order chi connectivity index (χ1) is 15.8. The standard InChI is InChI=1S/C24H29N7OS/c1-14-18(13-30-8-10-31(11-9-30)24(2,3)23(26)32)33-20-19(14)28-22(29-21(20)25)16-12-27-17-7-5-4-6-15(16)17/h4-7,12,27H,8-11,13H2,1-3H3,(H2,26,32)(H2,25,28,29). The smallest absolute Gasteiger partial charge is 0.237 e. The van der Waals surface area contributed by atoms with Crippen LogP contribution in [-0.2, 0) is 11.3 Å². The molecule has 1 aliphatic rings. The molecule has 0 spiro atoms. The lowest BCUT2D eigenvalue weighted by Crippen LogP contribution is -2.59. The molecule has 4 aromatic rings. The molecule has 1 aromatic carbocycles. The summed E-state index contributed by atoms with van der Waals surface area (Å²) >= 11 is 1.68. The van der Waals surface area contributed by atoms with Crippen molar-refractivity contribution in [2.75, 3.05) is 31.9 Å². The van der Waals surface area contributed by atoms with Crippen molar-refractivity contribution in [3.63, 3.8) is 0 Å². The first-order valence-electron chi connectivity index (χ1n) is 11.1. The molecule has 8 nitrogen and oxygen atoms in total. The highest BCUT2D eigenvalue weighted by atomic mass is 32.1. The minimum Gasteiger partial charge on any atom is -0.382 e. The van der Waals surface area contributed by atoms with Crippen LogP contribution in [0.1, 0.15) is 24.3 Å². The van der Waals surface area contributed by atoms with Gasteiger partial charge in [0.15, 0.2) is 5.82 Å². The fourth-order valence-electron chi connectivity index (χ4n) is 4.51. The van der Waals surface area contributed by atoms with Gasteiger partial charge in [-0.3, -0.25) is 14.6 Å². The molecule has 0 aliphatic carbocycles. The number of aromatic amines is 1. The molecule has 0 unspecified atom stereocenters. The molecule has 5 N–H and O–H groups in total. The number of aromatic nitrogens is 3. The number of nitrogens with one attached hydrogen (secondary N) is 1. The van der Waals surface area contributed by atoms with Crippen LogP contribution >= 0.6 is 11.3 Å². The van der Waals surface area contributed by atoms with Gasteiger partial charge in [-0.1, -0.05) is 18.2 Å². The summed E-state index contributed by atoms with van der Waals surface area (Å²) in [7, 11) is 0. The normalized spacial score (nSPS) is 16.1. The van der Waals surface area contributed by atoms with Crippen molar-refractivity contribution >= 4 is 44.2 Å². The number of H-pyrrole nitrogens is 1. The van der Waals surface area contributed by atoms with Gasteiger partial charge in [0.2, 0.25) is 5.91 Å². The van der Waals surface area contributed by atoms with Gasteiger partial charge in [-0.2, -0.15) is 0 Å². The number of carbonyl (C=O) groups excluding carboxylic acids is 1. The number of amides is 1. The van der Waals surface area contributed by atoms with Crippen molar-refractivity contribution in [3.8, 4) is 11.4 Å². The molecule has 9 heteroatoms. The molecule has 33 heavy (non-hydrogen) atoms. The number of primary amides is 1. The van der Waals surface area contributed by atoms with Crippen LogP contribution in [0.15, 0.2) is 30.5 Å². The molecule has 0 atom stereocenters. The third kappa shape index (κ3) is 3.76. The van der Waals surface area contributed by atoms with Gasteiger partial charge in [0.1, 0.15) is 5.82 Å². The number of hydrogen-bond donors (Lipinski definition) is 3. The second-order valence-corrected chi connectivity index (χ2v) is 10.3. The highest BCUT2D eigenvalue weighted by Gasteiger charge is 2.34. The highest BCUT2D eigenvalue weighted by Crippen LogP contribution is 2.36. The Morgan fingerprint density at radius 1 is 1.18 bits per heavy atom. The predicted molar refractivity (Wildman–Crippen MR) is 134 cm³/mol. The molecule has 0 saturated carbocycles.